The molecule has 4 unspecified atom stereocenters. The molecule has 2 rings (SSSR count). The van der Waals surface area contributed by atoms with E-state index in [0.29, 0.717) is 12.8 Å². The number of hydrogen-bond donors (Lipinski definition) is 1. The van der Waals surface area contributed by atoms with Gasteiger partial charge in [0.2, 0.25) is 0 Å². The van der Waals surface area contributed by atoms with Gasteiger partial charge in [0, 0.05) is 5.92 Å². The Balaban J connectivity index is 2.24. The first-order chi connectivity index (χ1) is 9.46. The number of carbonyl (C=O) groups excluding carboxylic acids is 2. The maximum Gasteiger partial charge on any atom is 0.309 e. The lowest BCUT2D eigenvalue weighted by molar-refractivity contribution is -0.151. The molecule has 2 fully saturated rings. The van der Waals surface area contributed by atoms with Gasteiger partial charge in [0.15, 0.2) is 5.78 Å². The zero-order valence-corrected chi connectivity index (χ0v) is 12.6. The van der Waals surface area contributed by atoms with Gasteiger partial charge in [-0.05, 0) is 45.7 Å². The molecule has 1 aliphatic carbocycles. The van der Waals surface area contributed by atoms with Crippen LogP contribution >= 0.6 is 0 Å². The van der Waals surface area contributed by atoms with Crippen molar-refractivity contribution in [1.29, 1.82) is 0 Å². The van der Waals surface area contributed by atoms with Crippen LogP contribution < -0.4 is 0 Å². The highest BCUT2D eigenvalue weighted by Gasteiger charge is 2.52. The van der Waals surface area contributed by atoms with Crippen LogP contribution in [0.5, 0.6) is 0 Å². The summed E-state index contributed by atoms with van der Waals surface area (Å²) in [5.41, 5.74) is -0.457. The molecule has 0 aromatic rings. The van der Waals surface area contributed by atoms with Crippen molar-refractivity contribution in [1.82, 2.24) is 4.90 Å². The van der Waals surface area contributed by atoms with Gasteiger partial charge in [0.1, 0.15) is 0 Å². The van der Waals surface area contributed by atoms with E-state index in [0.717, 1.165) is 25.8 Å². The summed E-state index contributed by atoms with van der Waals surface area (Å²) in [7, 11) is 3.32. The van der Waals surface area contributed by atoms with E-state index in [1.54, 1.807) is 0 Å². The van der Waals surface area contributed by atoms with E-state index in [1.807, 2.05) is 14.0 Å². The normalized spacial score (nSPS) is 38.1. The lowest BCUT2D eigenvalue weighted by Crippen LogP contribution is -2.52. The number of likely N-dealkylation sites (tertiary alicyclic amines) is 1. The van der Waals surface area contributed by atoms with Gasteiger partial charge in [0.25, 0.3) is 0 Å². The topological polar surface area (TPSA) is 66.8 Å². The van der Waals surface area contributed by atoms with Gasteiger partial charge >= 0.3 is 5.97 Å². The predicted octanol–water partition coefficient (Wildman–Crippen LogP) is 0.990. The molecule has 20 heavy (non-hydrogen) atoms. The third-order valence-electron chi connectivity index (χ3n) is 5.24. The van der Waals surface area contributed by atoms with Crippen LogP contribution in [-0.4, -0.2) is 54.1 Å². The number of aliphatic hydroxyl groups is 1. The number of methoxy groups -OCH3 is 1. The molecule has 0 aromatic carbocycles. The molecular weight excluding hydrogens is 258 g/mol. The molecule has 5 heteroatoms. The largest absolute Gasteiger partial charge is 0.469 e. The molecule has 0 amide bonds. The highest BCUT2D eigenvalue weighted by molar-refractivity contribution is 5.94. The highest BCUT2D eigenvalue weighted by atomic mass is 16.5. The van der Waals surface area contributed by atoms with Crippen LogP contribution in [-0.2, 0) is 14.3 Å². The summed E-state index contributed by atoms with van der Waals surface area (Å²) in [5, 5.41) is 9.86. The summed E-state index contributed by atoms with van der Waals surface area (Å²) in [6.45, 7) is 2.94. The Bertz CT molecular complexity index is 397. The van der Waals surface area contributed by atoms with E-state index in [4.69, 9.17) is 4.74 Å². The smallest absolute Gasteiger partial charge is 0.309 e. The lowest BCUT2D eigenvalue weighted by atomic mass is 9.77. The molecule has 114 valence electrons. The van der Waals surface area contributed by atoms with Crippen LogP contribution in [0, 0.1) is 11.8 Å². The van der Waals surface area contributed by atoms with Crippen molar-refractivity contribution in [2.24, 2.45) is 11.8 Å². The second kappa shape index (κ2) is 5.82. The van der Waals surface area contributed by atoms with Crippen molar-refractivity contribution in [3.63, 3.8) is 0 Å². The molecule has 4 atom stereocenters. The van der Waals surface area contributed by atoms with Gasteiger partial charge in [-0.15, -0.1) is 0 Å². The van der Waals surface area contributed by atoms with Crippen LogP contribution in [0.1, 0.15) is 39.0 Å². The summed E-state index contributed by atoms with van der Waals surface area (Å²) in [6.07, 6.45) is 2.76. The number of ether oxygens (including phenoxy) is 1. The molecule has 0 bridgehead atoms. The maximum absolute atomic E-state index is 13.0. The molecule has 1 aliphatic heterocycles. The second-order valence-electron chi connectivity index (χ2n) is 6.14. The molecule has 1 saturated heterocycles. The van der Waals surface area contributed by atoms with Gasteiger partial charge in [-0.3, -0.25) is 14.5 Å². The fourth-order valence-corrected chi connectivity index (χ4v) is 4.00. The molecule has 1 saturated carbocycles. The van der Waals surface area contributed by atoms with E-state index in [-0.39, 0.29) is 11.8 Å². The number of carbonyl (C=O) groups is 2. The van der Waals surface area contributed by atoms with E-state index in [1.165, 1.54) is 7.11 Å². The number of aliphatic hydroxyl groups excluding tert-OH is 1. The Labute approximate surface area is 120 Å². The van der Waals surface area contributed by atoms with E-state index < -0.39 is 23.5 Å². The van der Waals surface area contributed by atoms with Gasteiger partial charge in [-0.2, -0.15) is 0 Å². The first-order valence-electron chi connectivity index (χ1n) is 7.47. The van der Waals surface area contributed by atoms with Crippen LogP contribution in [0.4, 0.5) is 0 Å². The first-order valence-corrected chi connectivity index (χ1v) is 7.47. The van der Waals surface area contributed by atoms with Crippen LogP contribution in [0.2, 0.25) is 0 Å². The number of nitrogens with zero attached hydrogens (tertiary/aromatic N) is 1. The third kappa shape index (κ3) is 2.37. The Kier molecular flexibility index (Phi) is 4.49. The SMILES string of the molecule is CCC1(C(=O)C2CC(O)CC2C(=O)OC)CCCN1C. The van der Waals surface area contributed by atoms with Crippen molar-refractivity contribution >= 4 is 11.8 Å². The van der Waals surface area contributed by atoms with Gasteiger partial charge in [-0.1, -0.05) is 6.92 Å². The van der Waals surface area contributed by atoms with Crippen LogP contribution in [0.15, 0.2) is 0 Å². The minimum Gasteiger partial charge on any atom is -0.469 e. The van der Waals surface area contributed by atoms with Crippen LogP contribution in [0.3, 0.4) is 0 Å². The second-order valence-corrected chi connectivity index (χ2v) is 6.14. The van der Waals surface area contributed by atoms with Gasteiger partial charge in [0.05, 0.1) is 24.7 Å². The molecule has 5 nitrogen and oxygen atoms in total. The highest BCUT2D eigenvalue weighted by Crippen LogP contribution is 2.41. The quantitative estimate of drug-likeness (QED) is 0.779. The number of esters is 1. The van der Waals surface area contributed by atoms with E-state index in [2.05, 4.69) is 4.90 Å². The van der Waals surface area contributed by atoms with E-state index in [9.17, 15) is 14.7 Å². The zero-order valence-electron chi connectivity index (χ0n) is 12.6. The standard InChI is InChI=1S/C15H25NO4/c1-4-15(6-5-7-16(15)2)13(18)11-8-10(17)9-12(11)14(19)20-3/h10-12,17H,4-9H2,1-3H3. The number of ketones is 1. The number of likely N-dealkylation sites (N-methyl/N-ethyl adjacent to an activating group) is 1. The maximum atomic E-state index is 13.0. The Morgan fingerprint density at radius 1 is 1.35 bits per heavy atom. The molecule has 1 N–H and O–H groups in total. The van der Waals surface area contributed by atoms with Crippen molar-refractivity contribution in [3.8, 4) is 0 Å². The third-order valence-corrected chi connectivity index (χ3v) is 5.24. The monoisotopic (exact) mass is 283 g/mol. The number of hydrogen-bond acceptors (Lipinski definition) is 5. The Morgan fingerprint density at radius 3 is 2.50 bits per heavy atom. The zero-order chi connectivity index (χ0) is 14.9. The fourth-order valence-electron chi connectivity index (χ4n) is 4.00. The molecule has 1 heterocycles. The fraction of sp³-hybridized carbons (Fsp3) is 0.867. The molecule has 2 aliphatic rings. The summed E-state index contributed by atoms with van der Waals surface area (Å²) in [4.78, 5) is 27.0. The minimum absolute atomic E-state index is 0.118. The van der Waals surface area contributed by atoms with Gasteiger partial charge in [-0.25, -0.2) is 0 Å². The summed E-state index contributed by atoms with van der Waals surface area (Å²) < 4.78 is 4.80. The van der Waals surface area contributed by atoms with E-state index >= 15 is 0 Å². The van der Waals surface area contributed by atoms with Gasteiger partial charge < -0.3 is 9.84 Å². The predicted molar refractivity (Wildman–Crippen MR) is 74.1 cm³/mol. The molecule has 0 aromatic heterocycles. The molecule has 0 spiro atoms. The number of Topliss-reactive ketones (excluding diaryl/α,β-unsaturated/α-hetero) is 1. The Morgan fingerprint density at radius 2 is 2.00 bits per heavy atom. The Hall–Kier alpha value is -0.940. The minimum atomic E-state index is -0.575. The summed E-state index contributed by atoms with van der Waals surface area (Å²) in [6, 6.07) is 0. The summed E-state index contributed by atoms with van der Waals surface area (Å²) >= 11 is 0. The lowest BCUT2D eigenvalue weighted by Gasteiger charge is -2.36. The molecular formula is C15H25NO4. The van der Waals surface area contributed by atoms with Crippen molar-refractivity contribution in [2.45, 2.75) is 50.7 Å². The summed E-state index contributed by atoms with van der Waals surface area (Å²) in [5.74, 6) is -1.14. The van der Waals surface area contributed by atoms with Crippen LogP contribution in [0.25, 0.3) is 0 Å². The number of rotatable bonds is 4. The van der Waals surface area contributed by atoms with Crippen molar-refractivity contribution in [2.75, 3.05) is 20.7 Å². The van der Waals surface area contributed by atoms with Crippen molar-refractivity contribution in [3.05, 3.63) is 0 Å². The average Bonchev–Trinajstić information content (AvgIpc) is 3.01. The first kappa shape index (κ1) is 15.4. The van der Waals surface area contributed by atoms with Crippen molar-refractivity contribution < 1.29 is 19.4 Å². The average molecular weight is 283 g/mol. The molecule has 0 radical (unpaired) electrons.